The van der Waals surface area contributed by atoms with Crippen LogP contribution in [0.1, 0.15) is 66.7 Å². The number of rotatable bonds is 8. The van der Waals surface area contributed by atoms with Crippen molar-refractivity contribution in [3.8, 4) is 0 Å². The Balaban J connectivity index is 1.98. The van der Waals surface area contributed by atoms with Crippen molar-refractivity contribution >= 4 is 17.7 Å². The van der Waals surface area contributed by atoms with Crippen LogP contribution >= 0.6 is 0 Å². The van der Waals surface area contributed by atoms with Crippen LogP contribution < -0.4 is 10.6 Å². The summed E-state index contributed by atoms with van der Waals surface area (Å²) in [6.45, 7) is 10.5. The van der Waals surface area contributed by atoms with Crippen LogP contribution in [0.3, 0.4) is 0 Å². The van der Waals surface area contributed by atoms with Gasteiger partial charge in [-0.05, 0) is 59.8 Å². The maximum atomic E-state index is 13.6. The van der Waals surface area contributed by atoms with E-state index in [9.17, 15) is 14.4 Å². The van der Waals surface area contributed by atoms with Crippen LogP contribution in [0, 0.1) is 11.8 Å². The molecule has 0 radical (unpaired) electrons. The molecule has 5 atom stereocenters. The Labute approximate surface area is 179 Å². The molecule has 2 bridgehead atoms. The Morgan fingerprint density at radius 2 is 1.93 bits per heavy atom. The molecule has 3 saturated heterocycles. The summed E-state index contributed by atoms with van der Waals surface area (Å²) in [4.78, 5) is 41.7. The fourth-order valence-corrected chi connectivity index (χ4v) is 5.56. The predicted molar refractivity (Wildman–Crippen MR) is 111 cm³/mol. The first kappa shape index (κ1) is 23.0. The molecular weight excluding hydrogens is 386 g/mol. The number of amides is 3. The smallest absolute Gasteiger partial charge is 0.246 e. The van der Waals surface area contributed by atoms with Crippen molar-refractivity contribution in [2.24, 2.45) is 11.8 Å². The Morgan fingerprint density at radius 3 is 2.53 bits per heavy atom. The first-order valence-corrected chi connectivity index (χ1v) is 11.2. The SMILES string of the molecule is CCCNC(=O)[C@H]1[C@H]2C(=O)N(CCCCO)C(C(=O)NC(C)(C)C)C23CC[C@]1(C)O3. The third-order valence-electron chi connectivity index (χ3n) is 6.66. The topological polar surface area (TPSA) is 108 Å². The van der Waals surface area contributed by atoms with Crippen molar-refractivity contribution < 1.29 is 24.2 Å². The van der Waals surface area contributed by atoms with Crippen LogP contribution in [-0.2, 0) is 19.1 Å². The Kier molecular flexibility index (Phi) is 6.22. The van der Waals surface area contributed by atoms with E-state index in [0.29, 0.717) is 38.8 Å². The van der Waals surface area contributed by atoms with Gasteiger partial charge in [-0.25, -0.2) is 0 Å². The van der Waals surface area contributed by atoms with Gasteiger partial charge in [-0.15, -0.1) is 0 Å². The van der Waals surface area contributed by atoms with E-state index in [1.54, 1.807) is 4.90 Å². The number of nitrogens with zero attached hydrogens (tertiary/aromatic N) is 1. The van der Waals surface area contributed by atoms with E-state index in [4.69, 9.17) is 9.84 Å². The minimum atomic E-state index is -0.978. The van der Waals surface area contributed by atoms with Gasteiger partial charge in [-0.3, -0.25) is 14.4 Å². The van der Waals surface area contributed by atoms with E-state index < -0.39 is 34.6 Å². The molecule has 0 aromatic rings. The first-order chi connectivity index (χ1) is 14.0. The fraction of sp³-hybridized carbons (Fsp3) is 0.864. The maximum absolute atomic E-state index is 13.6. The van der Waals surface area contributed by atoms with E-state index in [2.05, 4.69) is 10.6 Å². The van der Waals surface area contributed by atoms with Crippen LogP contribution in [-0.4, -0.2) is 70.2 Å². The number of hydrogen-bond donors (Lipinski definition) is 3. The number of carbonyl (C=O) groups excluding carboxylic acids is 3. The number of ether oxygens (including phenoxy) is 1. The largest absolute Gasteiger partial charge is 0.396 e. The van der Waals surface area contributed by atoms with Gasteiger partial charge in [0.05, 0.1) is 17.4 Å². The predicted octanol–water partition coefficient (Wildman–Crippen LogP) is 0.965. The van der Waals surface area contributed by atoms with Crippen LogP contribution in [0.5, 0.6) is 0 Å². The lowest BCUT2D eigenvalue weighted by atomic mass is 9.66. The van der Waals surface area contributed by atoms with Gasteiger partial charge in [0, 0.05) is 25.2 Å². The van der Waals surface area contributed by atoms with Gasteiger partial charge < -0.3 is 25.4 Å². The molecule has 1 spiro atoms. The molecule has 3 fully saturated rings. The molecule has 0 aliphatic carbocycles. The average molecular weight is 424 g/mol. The highest BCUT2D eigenvalue weighted by Gasteiger charge is 2.77. The van der Waals surface area contributed by atoms with Crippen LogP contribution in [0.2, 0.25) is 0 Å². The summed E-state index contributed by atoms with van der Waals surface area (Å²) in [5, 5.41) is 15.1. The highest BCUT2D eigenvalue weighted by Crippen LogP contribution is 2.63. The van der Waals surface area contributed by atoms with E-state index in [0.717, 1.165) is 6.42 Å². The van der Waals surface area contributed by atoms with E-state index in [1.807, 2.05) is 34.6 Å². The number of carbonyl (C=O) groups is 3. The highest BCUT2D eigenvalue weighted by molar-refractivity contribution is 5.99. The molecule has 170 valence electrons. The van der Waals surface area contributed by atoms with Gasteiger partial charge in [0.15, 0.2) is 0 Å². The standard InChI is InChI=1S/C22H37N3O5/c1-6-11-23-17(27)14-15-19(29)25(12-7-8-13-26)16(18(28)24-20(2,3)4)22(15)10-9-21(14,5)30-22/h14-16,26H,6-13H2,1-5H3,(H,23,27)(H,24,28)/t14-,15+,16?,21+,22?/m1/s1. The molecule has 3 aliphatic heterocycles. The zero-order valence-electron chi connectivity index (χ0n) is 18.9. The molecule has 30 heavy (non-hydrogen) atoms. The summed E-state index contributed by atoms with van der Waals surface area (Å²) in [6.07, 6.45) is 3.17. The molecule has 3 heterocycles. The first-order valence-electron chi connectivity index (χ1n) is 11.2. The minimum absolute atomic E-state index is 0.0338. The molecule has 3 amide bonds. The molecule has 0 saturated carbocycles. The molecule has 0 aromatic carbocycles. The maximum Gasteiger partial charge on any atom is 0.246 e. The second kappa shape index (κ2) is 8.11. The number of unbranched alkanes of at least 4 members (excludes halogenated alkanes) is 1. The summed E-state index contributed by atoms with van der Waals surface area (Å²) in [7, 11) is 0. The normalized spacial score (nSPS) is 34.9. The van der Waals surface area contributed by atoms with Crippen LogP contribution in [0.15, 0.2) is 0 Å². The van der Waals surface area contributed by atoms with Crippen molar-refractivity contribution in [3.05, 3.63) is 0 Å². The fourth-order valence-electron chi connectivity index (χ4n) is 5.56. The summed E-state index contributed by atoms with van der Waals surface area (Å²) in [5.41, 5.74) is -2.17. The number of aliphatic hydroxyl groups excluding tert-OH is 1. The number of likely N-dealkylation sites (tertiary alicyclic amines) is 1. The molecule has 8 heteroatoms. The number of fused-ring (bicyclic) bond motifs is 1. The Hall–Kier alpha value is -1.67. The lowest BCUT2D eigenvalue weighted by Crippen LogP contribution is -2.58. The van der Waals surface area contributed by atoms with Crippen molar-refractivity contribution in [1.82, 2.24) is 15.5 Å². The van der Waals surface area contributed by atoms with E-state index >= 15 is 0 Å². The molecular formula is C22H37N3O5. The van der Waals surface area contributed by atoms with Crippen molar-refractivity contribution in [1.29, 1.82) is 0 Å². The average Bonchev–Trinajstić information content (AvgIpc) is 3.20. The molecule has 0 aromatic heterocycles. The van der Waals surface area contributed by atoms with Gasteiger partial charge >= 0.3 is 0 Å². The molecule has 2 unspecified atom stereocenters. The second-order valence-electron chi connectivity index (χ2n) is 10.2. The van der Waals surface area contributed by atoms with E-state index in [-0.39, 0.29) is 24.3 Å². The number of nitrogens with one attached hydrogen (secondary N) is 2. The Bertz CT molecular complexity index is 705. The van der Waals surface area contributed by atoms with Crippen molar-refractivity contribution in [3.63, 3.8) is 0 Å². The lowest BCUT2D eigenvalue weighted by molar-refractivity contribution is -0.146. The van der Waals surface area contributed by atoms with Gasteiger partial charge in [0.1, 0.15) is 11.6 Å². The summed E-state index contributed by atoms with van der Waals surface area (Å²) in [5.74, 6) is -1.83. The zero-order chi connectivity index (χ0) is 22.3. The molecule has 3 aliphatic rings. The Morgan fingerprint density at radius 1 is 1.23 bits per heavy atom. The summed E-state index contributed by atoms with van der Waals surface area (Å²) >= 11 is 0. The van der Waals surface area contributed by atoms with Gasteiger partial charge in [0.25, 0.3) is 0 Å². The van der Waals surface area contributed by atoms with Gasteiger partial charge in [-0.2, -0.15) is 0 Å². The third kappa shape index (κ3) is 3.73. The quantitative estimate of drug-likeness (QED) is 0.504. The molecule has 8 nitrogen and oxygen atoms in total. The monoisotopic (exact) mass is 423 g/mol. The van der Waals surface area contributed by atoms with Gasteiger partial charge in [-0.1, -0.05) is 6.92 Å². The third-order valence-corrected chi connectivity index (χ3v) is 6.66. The van der Waals surface area contributed by atoms with Crippen molar-refractivity contribution in [2.45, 2.75) is 89.5 Å². The molecule has 3 rings (SSSR count). The highest BCUT2D eigenvalue weighted by atomic mass is 16.5. The molecule has 3 N–H and O–H groups in total. The van der Waals surface area contributed by atoms with Crippen molar-refractivity contribution in [2.75, 3.05) is 19.7 Å². The zero-order valence-corrected chi connectivity index (χ0v) is 18.9. The minimum Gasteiger partial charge on any atom is -0.396 e. The lowest BCUT2D eigenvalue weighted by Gasteiger charge is -2.35. The van der Waals surface area contributed by atoms with Crippen LogP contribution in [0.4, 0.5) is 0 Å². The van der Waals surface area contributed by atoms with E-state index in [1.165, 1.54) is 0 Å². The number of aliphatic hydroxyl groups is 1. The number of hydrogen-bond acceptors (Lipinski definition) is 5. The van der Waals surface area contributed by atoms with Gasteiger partial charge in [0.2, 0.25) is 17.7 Å². The second-order valence-corrected chi connectivity index (χ2v) is 10.2. The van der Waals surface area contributed by atoms with Crippen LogP contribution in [0.25, 0.3) is 0 Å². The summed E-state index contributed by atoms with van der Waals surface area (Å²) < 4.78 is 6.51. The summed E-state index contributed by atoms with van der Waals surface area (Å²) in [6, 6.07) is -0.765.